The van der Waals surface area contributed by atoms with E-state index in [-0.39, 0.29) is 12.1 Å². The van der Waals surface area contributed by atoms with Gasteiger partial charge in [-0.15, -0.1) is 0 Å². The lowest BCUT2D eigenvalue weighted by atomic mass is 10.1. The van der Waals surface area contributed by atoms with E-state index in [1.807, 2.05) is 26.0 Å². The molecule has 1 unspecified atom stereocenters. The molecule has 0 aromatic heterocycles. The maximum absolute atomic E-state index is 11.7. The van der Waals surface area contributed by atoms with Gasteiger partial charge in [-0.1, -0.05) is 22.0 Å². The van der Waals surface area contributed by atoms with Crippen molar-refractivity contribution in [2.24, 2.45) is 5.92 Å². The highest BCUT2D eigenvalue weighted by atomic mass is 79.9. The Balaban J connectivity index is 1.88. The molecular weight excluding hydrogens is 306 g/mol. The fourth-order valence-electron chi connectivity index (χ4n) is 2.45. The predicted molar refractivity (Wildman–Crippen MR) is 80.3 cm³/mol. The first-order valence-corrected chi connectivity index (χ1v) is 7.54. The van der Waals surface area contributed by atoms with Gasteiger partial charge < -0.3 is 9.64 Å². The second kappa shape index (κ2) is 6.42. The summed E-state index contributed by atoms with van der Waals surface area (Å²) in [6.07, 6.45) is 1.57. The maximum Gasteiger partial charge on any atom is 0.306 e. The average Bonchev–Trinajstić information content (AvgIpc) is 2.76. The zero-order valence-electron chi connectivity index (χ0n) is 11.4. The normalized spacial score (nSPS) is 18.9. The van der Waals surface area contributed by atoms with Crippen molar-refractivity contribution in [3.63, 3.8) is 0 Å². The quantitative estimate of drug-likeness (QED) is 0.792. The lowest BCUT2D eigenvalue weighted by Crippen LogP contribution is -2.21. The summed E-state index contributed by atoms with van der Waals surface area (Å²) in [7, 11) is 0. The van der Waals surface area contributed by atoms with Crippen molar-refractivity contribution in [2.45, 2.75) is 32.8 Å². The number of esters is 1. The molecule has 4 heteroatoms. The standard InChI is InChI=1S/C15H20BrNO2/c1-11(2)19-15(18)8-12-6-7-17(10-12)14-5-3-4-13(16)9-14/h3-5,9,11-12H,6-8,10H2,1-2H3. The number of nitrogens with zero attached hydrogens (tertiary/aromatic N) is 1. The molecule has 1 aliphatic rings. The Kier molecular flexibility index (Phi) is 4.86. The summed E-state index contributed by atoms with van der Waals surface area (Å²) in [6, 6.07) is 8.30. The van der Waals surface area contributed by atoms with Gasteiger partial charge in [0.25, 0.3) is 0 Å². The monoisotopic (exact) mass is 325 g/mol. The molecule has 1 aromatic carbocycles. The summed E-state index contributed by atoms with van der Waals surface area (Å²) in [6.45, 7) is 5.72. The van der Waals surface area contributed by atoms with E-state index in [9.17, 15) is 4.79 Å². The van der Waals surface area contributed by atoms with Crippen LogP contribution < -0.4 is 4.90 Å². The molecule has 0 amide bonds. The number of carbonyl (C=O) groups is 1. The molecule has 1 atom stereocenters. The summed E-state index contributed by atoms with van der Waals surface area (Å²) < 4.78 is 6.30. The highest BCUT2D eigenvalue weighted by Gasteiger charge is 2.25. The average molecular weight is 326 g/mol. The molecule has 0 aliphatic carbocycles. The fourth-order valence-corrected chi connectivity index (χ4v) is 2.84. The zero-order chi connectivity index (χ0) is 13.8. The third-order valence-electron chi connectivity index (χ3n) is 3.28. The molecular formula is C15H20BrNO2. The third-order valence-corrected chi connectivity index (χ3v) is 3.77. The third kappa shape index (κ3) is 4.23. The van der Waals surface area contributed by atoms with Crippen LogP contribution in [0.15, 0.2) is 28.7 Å². The Labute approximate surface area is 123 Å². The highest BCUT2D eigenvalue weighted by molar-refractivity contribution is 9.10. The van der Waals surface area contributed by atoms with E-state index >= 15 is 0 Å². The molecule has 0 N–H and O–H groups in total. The summed E-state index contributed by atoms with van der Waals surface area (Å²) in [5.74, 6) is 0.335. The first-order valence-electron chi connectivity index (χ1n) is 6.74. The van der Waals surface area contributed by atoms with Gasteiger partial charge in [-0.2, -0.15) is 0 Å². The second-order valence-corrected chi connectivity index (χ2v) is 6.24. The van der Waals surface area contributed by atoms with E-state index in [4.69, 9.17) is 4.74 Å². The van der Waals surface area contributed by atoms with Gasteiger partial charge in [0.05, 0.1) is 12.5 Å². The lowest BCUT2D eigenvalue weighted by Gasteiger charge is -2.19. The maximum atomic E-state index is 11.7. The zero-order valence-corrected chi connectivity index (χ0v) is 13.0. The SMILES string of the molecule is CC(C)OC(=O)CC1CCN(c2cccc(Br)c2)C1. The number of anilines is 1. The molecule has 2 rings (SSSR count). The van der Waals surface area contributed by atoms with Gasteiger partial charge in [-0.3, -0.25) is 4.79 Å². The van der Waals surface area contributed by atoms with Crippen LogP contribution in [-0.2, 0) is 9.53 Å². The van der Waals surface area contributed by atoms with Crippen LogP contribution in [0.4, 0.5) is 5.69 Å². The predicted octanol–water partition coefficient (Wildman–Crippen LogP) is 3.62. The highest BCUT2D eigenvalue weighted by Crippen LogP contribution is 2.27. The molecule has 0 spiro atoms. The van der Waals surface area contributed by atoms with Gasteiger partial charge in [0, 0.05) is 23.2 Å². The minimum Gasteiger partial charge on any atom is -0.463 e. The van der Waals surface area contributed by atoms with Crippen molar-refractivity contribution in [3.05, 3.63) is 28.7 Å². The van der Waals surface area contributed by atoms with Crippen LogP contribution in [0.5, 0.6) is 0 Å². The molecule has 1 saturated heterocycles. The number of ether oxygens (including phenoxy) is 1. The van der Waals surface area contributed by atoms with Crippen LogP contribution >= 0.6 is 15.9 Å². The molecule has 1 aromatic rings. The van der Waals surface area contributed by atoms with Crippen LogP contribution in [0.2, 0.25) is 0 Å². The minimum absolute atomic E-state index is 0.0184. The summed E-state index contributed by atoms with van der Waals surface area (Å²) in [5.41, 5.74) is 1.22. The van der Waals surface area contributed by atoms with Gasteiger partial charge >= 0.3 is 5.97 Å². The number of hydrogen-bond donors (Lipinski definition) is 0. The van der Waals surface area contributed by atoms with Crippen molar-refractivity contribution in [3.8, 4) is 0 Å². The fraction of sp³-hybridized carbons (Fsp3) is 0.533. The smallest absolute Gasteiger partial charge is 0.306 e. The molecule has 0 radical (unpaired) electrons. The molecule has 0 saturated carbocycles. The largest absolute Gasteiger partial charge is 0.463 e. The Morgan fingerprint density at radius 2 is 2.32 bits per heavy atom. The molecule has 1 heterocycles. The van der Waals surface area contributed by atoms with Gasteiger partial charge in [-0.05, 0) is 44.4 Å². The number of benzene rings is 1. The van der Waals surface area contributed by atoms with E-state index in [0.717, 1.165) is 24.0 Å². The molecule has 19 heavy (non-hydrogen) atoms. The van der Waals surface area contributed by atoms with E-state index in [0.29, 0.717) is 12.3 Å². The Morgan fingerprint density at radius 3 is 3.00 bits per heavy atom. The van der Waals surface area contributed by atoms with E-state index in [2.05, 4.69) is 33.0 Å². The Hall–Kier alpha value is -1.03. The summed E-state index contributed by atoms with van der Waals surface area (Å²) in [5, 5.41) is 0. The van der Waals surface area contributed by atoms with Crippen LogP contribution in [0.1, 0.15) is 26.7 Å². The molecule has 0 bridgehead atoms. The number of halogens is 1. The van der Waals surface area contributed by atoms with E-state index < -0.39 is 0 Å². The van der Waals surface area contributed by atoms with Crippen LogP contribution in [0.25, 0.3) is 0 Å². The van der Waals surface area contributed by atoms with Crippen molar-refractivity contribution in [1.29, 1.82) is 0 Å². The second-order valence-electron chi connectivity index (χ2n) is 5.32. The van der Waals surface area contributed by atoms with Gasteiger partial charge in [-0.25, -0.2) is 0 Å². The van der Waals surface area contributed by atoms with Gasteiger partial charge in [0.2, 0.25) is 0 Å². The van der Waals surface area contributed by atoms with Crippen LogP contribution in [0.3, 0.4) is 0 Å². The van der Waals surface area contributed by atoms with Crippen LogP contribution in [0, 0.1) is 5.92 Å². The first-order chi connectivity index (χ1) is 9.04. The minimum atomic E-state index is -0.0731. The molecule has 104 valence electrons. The Morgan fingerprint density at radius 1 is 1.53 bits per heavy atom. The van der Waals surface area contributed by atoms with Crippen molar-refractivity contribution < 1.29 is 9.53 Å². The molecule has 1 fully saturated rings. The van der Waals surface area contributed by atoms with Crippen molar-refractivity contribution in [2.75, 3.05) is 18.0 Å². The first kappa shape index (κ1) is 14.4. The van der Waals surface area contributed by atoms with E-state index in [1.165, 1.54) is 5.69 Å². The van der Waals surface area contributed by atoms with Gasteiger partial charge in [0.15, 0.2) is 0 Å². The van der Waals surface area contributed by atoms with Crippen LogP contribution in [-0.4, -0.2) is 25.2 Å². The summed E-state index contributed by atoms with van der Waals surface area (Å²) >= 11 is 3.49. The number of hydrogen-bond acceptors (Lipinski definition) is 3. The number of rotatable bonds is 4. The number of carbonyl (C=O) groups excluding carboxylic acids is 1. The van der Waals surface area contributed by atoms with Crippen molar-refractivity contribution >= 4 is 27.6 Å². The topological polar surface area (TPSA) is 29.5 Å². The van der Waals surface area contributed by atoms with E-state index in [1.54, 1.807) is 0 Å². The van der Waals surface area contributed by atoms with Crippen molar-refractivity contribution in [1.82, 2.24) is 0 Å². The lowest BCUT2D eigenvalue weighted by molar-refractivity contribution is -0.148. The molecule has 1 aliphatic heterocycles. The van der Waals surface area contributed by atoms with Gasteiger partial charge in [0.1, 0.15) is 0 Å². The molecule has 3 nitrogen and oxygen atoms in total. The Bertz CT molecular complexity index is 448. The summed E-state index contributed by atoms with van der Waals surface area (Å²) in [4.78, 5) is 14.0.